The van der Waals surface area contributed by atoms with Gasteiger partial charge in [-0.15, -0.1) is 0 Å². The molecule has 5 heterocycles. The Bertz CT molecular complexity index is 2320. The van der Waals surface area contributed by atoms with Gasteiger partial charge in [-0.1, -0.05) is 62.4 Å². The maximum atomic E-state index is 14.4. The fourth-order valence-electron chi connectivity index (χ4n) is 10.5. The zero-order valence-corrected chi connectivity index (χ0v) is 35.1. The Labute approximate surface area is 354 Å². The van der Waals surface area contributed by atoms with Crippen LogP contribution in [0.3, 0.4) is 0 Å². The lowest BCUT2D eigenvalue weighted by molar-refractivity contribution is -0.139. The van der Waals surface area contributed by atoms with Crippen LogP contribution in [-0.2, 0) is 23.8 Å². The molecule has 6 fully saturated rings. The molecule has 0 bridgehead atoms. The van der Waals surface area contributed by atoms with Gasteiger partial charge < -0.3 is 44.6 Å². The molecule has 1 spiro atoms. The molecular formula is C46H54N8O7. The van der Waals surface area contributed by atoms with Crippen LogP contribution in [0.4, 0.5) is 9.59 Å². The van der Waals surface area contributed by atoms with Gasteiger partial charge in [-0.3, -0.25) is 9.59 Å². The molecule has 4 N–H and O–H groups in total. The Morgan fingerprint density at radius 2 is 1.21 bits per heavy atom. The van der Waals surface area contributed by atoms with E-state index in [-0.39, 0.29) is 53.4 Å². The largest absolute Gasteiger partial charge is 0.453 e. The van der Waals surface area contributed by atoms with Gasteiger partial charge in [-0.25, -0.2) is 19.6 Å². The molecule has 15 nitrogen and oxygen atoms in total. The van der Waals surface area contributed by atoms with E-state index in [1.165, 1.54) is 14.2 Å². The topological polar surface area (TPSA) is 184 Å². The number of aromatic amines is 2. The summed E-state index contributed by atoms with van der Waals surface area (Å²) in [6.45, 7) is 4.44. The molecule has 61 heavy (non-hydrogen) atoms. The summed E-state index contributed by atoms with van der Waals surface area (Å²) >= 11 is 0. The molecule has 3 saturated heterocycles. The van der Waals surface area contributed by atoms with Gasteiger partial charge in [0.1, 0.15) is 23.7 Å². The van der Waals surface area contributed by atoms with Crippen molar-refractivity contribution in [2.24, 2.45) is 23.7 Å². The van der Waals surface area contributed by atoms with Crippen LogP contribution in [0.25, 0.3) is 33.6 Å². The second-order valence-corrected chi connectivity index (χ2v) is 18.4. The van der Waals surface area contributed by atoms with E-state index in [2.05, 4.69) is 69.1 Å². The Hall–Kier alpha value is -5.70. The molecule has 3 aliphatic carbocycles. The highest BCUT2D eigenvalue weighted by Crippen LogP contribution is 2.55. The van der Waals surface area contributed by atoms with Crippen LogP contribution >= 0.6 is 0 Å². The summed E-state index contributed by atoms with van der Waals surface area (Å²) in [5.74, 6) is 2.13. The Balaban J connectivity index is 0.806. The predicted molar refractivity (Wildman–Crippen MR) is 223 cm³/mol. The SMILES string of the molecule is COC(=O)NC(C(=O)N1[C@@H]2C[C@@H]2C[C@H]1c1ncc(-c2ccc(-c3ccc(-c4cnc([C@@H]5C[C@H]6C[C@H]6N5C(=O)C(NC(=O)OC)C5CCOC6(CC6)C5)[nH]4)cc3)cc2)[nH]1)C(C)C. The molecule has 320 valence electrons. The van der Waals surface area contributed by atoms with E-state index in [1.807, 2.05) is 36.0 Å². The number of carbonyl (C=O) groups excluding carboxylic acids is 4. The number of imidazole rings is 2. The number of fused-ring (bicyclic) bond motifs is 2. The normalized spacial score (nSPS) is 27.5. The number of nitrogens with one attached hydrogen (secondary N) is 4. The van der Waals surface area contributed by atoms with Crippen LogP contribution in [0.15, 0.2) is 60.9 Å². The van der Waals surface area contributed by atoms with Crippen molar-refractivity contribution in [2.75, 3.05) is 20.8 Å². The lowest BCUT2D eigenvalue weighted by Gasteiger charge is -2.37. The first kappa shape index (κ1) is 39.4. The zero-order valence-electron chi connectivity index (χ0n) is 35.1. The highest BCUT2D eigenvalue weighted by atomic mass is 16.5. The molecule has 4 aromatic rings. The number of alkyl carbamates (subject to hydrolysis) is 2. The third kappa shape index (κ3) is 7.44. The van der Waals surface area contributed by atoms with E-state index in [1.54, 1.807) is 0 Å². The minimum atomic E-state index is -0.678. The number of aromatic nitrogens is 4. The number of ether oxygens (including phenoxy) is 3. The van der Waals surface area contributed by atoms with Crippen molar-refractivity contribution in [3.8, 4) is 33.6 Å². The smallest absolute Gasteiger partial charge is 0.407 e. The van der Waals surface area contributed by atoms with Crippen LogP contribution < -0.4 is 10.6 Å². The summed E-state index contributed by atoms with van der Waals surface area (Å²) in [4.78, 5) is 73.3. The van der Waals surface area contributed by atoms with Crippen LogP contribution in [0.5, 0.6) is 0 Å². The van der Waals surface area contributed by atoms with E-state index in [0.29, 0.717) is 18.4 Å². The summed E-state index contributed by atoms with van der Waals surface area (Å²) in [6, 6.07) is 15.3. The van der Waals surface area contributed by atoms with Crippen LogP contribution in [0.2, 0.25) is 0 Å². The molecule has 10 rings (SSSR count). The van der Waals surface area contributed by atoms with Crippen molar-refractivity contribution < 1.29 is 33.4 Å². The number of methoxy groups -OCH3 is 2. The van der Waals surface area contributed by atoms with Gasteiger partial charge in [0.05, 0.1) is 55.7 Å². The number of hydrogen-bond donors (Lipinski definition) is 4. The third-order valence-corrected chi connectivity index (χ3v) is 14.2. The third-order valence-electron chi connectivity index (χ3n) is 14.2. The number of carbonyl (C=O) groups is 4. The highest BCUT2D eigenvalue weighted by Gasteiger charge is 2.58. The van der Waals surface area contributed by atoms with Crippen molar-refractivity contribution in [3.63, 3.8) is 0 Å². The fourth-order valence-corrected chi connectivity index (χ4v) is 10.5. The molecule has 3 saturated carbocycles. The van der Waals surface area contributed by atoms with Gasteiger partial charge >= 0.3 is 12.2 Å². The molecule has 9 atom stereocenters. The summed E-state index contributed by atoms with van der Waals surface area (Å²) < 4.78 is 15.8. The second kappa shape index (κ2) is 15.3. The number of likely N-dealkylation sites (tertiary alicyclic amines) is 2. The zero-order chi connectivity index (χ0) is 42.2. The van der Waals surface area contributed by atoms with Crippen molar-refractivity contribution in [1.82, 2.24) is 40.4 Å². The van der Waals surface area contributed by atoms with E-state index in [0.717, 1.165) is 96.7 Å². The van der Waals surface area contributed by atoms with E-state index in [9.17, 15) is 19.2 Å². The molecule has 3 aliphatic heterocycles. The number of hydrogen-bond acceptors (Lipinski definition) is 9. The summed E-state index contributed by atoms with van der Waals surface area (Å²) in [7, 11) is 2.64. The van der Waals surface area contributed by atoms with Gasteiger partial charge in [0, 0.05) is 18.7 Å². The minimum Gasteiger partial charge on any atom is -0.453 e. The molecular weight excluding hydrogens is 777 g/mol. The van der Waals surface area contributed by atoms with Crippen LogP contribution in [-0.4, -0.2) is 104 Å². The Morgan fingerprint density at radius 3 is 1.70 bits per heavy atom. The lowest BCUT2D eigenvalue weighted by atomic mass is 9.86. The second-order valence-electron chi connectivity index (χ2n) is 18.4. The average molecular weight is 831 g/mol. The minimum absolute atomic E-state index is 0.0126. The van der Waals surface area contributed by atoms with Crippen molar-refractivity contribution in [2.45, 2.75) is 107 Å². The molecule has 4 amide bonds. The maximum Gasteiger partial charge on any atom is 0.407 e. The first-order chi connectivity index (χ1) is 29.5. The average Bonchev–Trinajstić information content (AvgIpc) is 4.17. The number of nitrogens with zero attached hydrogens (tertiary/aromatic N) is 4. The first-order valence-corrected chi connectivity index (χ1v) is 21.8. The Kier molecular flexibility index (Phi) is 9.91. The molecule has 3 unspecified atom stereocenters. The number of rotatable bonds is 11. The molecule has 2 aromatic carbocycles. The van der Waals surface area contributed by atoms with Crippen molar-refractivity contribution >= 4 is 24.0 Å². The molecule has 2 aromatic heterocycles. The van der Waals surface area contributed by atoms with E-state index < -0.39 is 24.3 Å². The van der Waals surface area contributed by atoms with Gasteiger partial charge in [-0.05, 0) is 97.3 Å². The van der Waals surface area contributed by atoms with Crippen LogP contribution in [0.1, 0.15) is 88.9 Å². The summed E-state index contributed by atoms with van der Waals surface area (Å²) in [6.07, 6.45) is 9.59. The van der Waals surface area contributed by atoms with Gasteiger partial charge in [-0.2, -0.15) is 0 Å². The van der Waals surface area contributed by atoms with Crippen molar-refractivity contribution in [1.29, 1.82) is 0 Å². The van der Waals surface area contributed by atoms with E-state index >= 15 is 0 Å². The number of piperidine rings is 2. The highest BCUT2D eigenvalue weighted by molar-refractivity contribution is 5.88. The number of H-pyrrole nitrogens is 2. The Morgan fingerprint density at radius 1 is 0.721 bits per heavy atom. The standard InChI is InChI=1S/C46H54N8O7/c1-24(2)38(51-44(57)59-3)42(55)53-34-17-30(34)19-36(53)40-47-22-32(49-40)27-9-5-25(6-10-27)26-7-11-28(12-8-26)33-23-48-41(50-33)37-20-31-18-35(31)54(37)43(56)39(52-45(58)60-4)29-13-16-61-46(21-29)14-15-46/h5-12,22-24,29-31,34-39H,13-21H2,1-4H3,(H,47,49)(H,48,50)(H,51,57)(H,52,58)/t29?,30-,31-,34-,35-,36+,37+,38?,39?/m1/s1. The molecule has 0 radical (unpaired) electrons. The lowest BCUT2D eigenvalue weighted by Crippen LogP contribution is -2.54. The summed E-state index contributed by atoms with van der Waals surface area (Å²) in [5, 5.41) is 5.65. The predicted octanol–water partition coefficient (Wildman–Crippen LogP) is 6.52. The maximum absolute atomic E-state index is 14.4. The number of benzene rings is 2. The molecule has 6 aliphatic rings. The monoisotopic (exact) mass is 830 g/mol. The quantitative estimate of drug-likeness (QED) is 0.131. The summed E-state index contributed by atoms with van der Waals surface area (Å²) in [5.41, 5.74) is 5.73. The van der Waals surface area contributed by atoms with E-state index in [4.69, 9.17) is 24.2 Å². The van der Waals surface area contributed by atoms with Crippen molar-refractivity contribution in [3.05, 3.63) is 72.6 Å². The van der Waals surface area contributed by atoms with Gasteiger partial charge in [0.2, 0.25) is 11.8 Å². The fraction of sp³-hybridized carbons (Fsp3) is 0.522. The molecule has 15 heteroatoms. The van der Waals surface area contributed by atoms with Gasteiger partial charge in [0.25, 0.3) is 0 Å². The first-order valence-electron chi connectivity index (χ1n) is 21.8. The number of amides is 4. The van der Waals surface area contributed by atoms with Gasteiger partial charge in [0.15, 0.2) is 0 Å². The van der Waals surface area contributed by atoms with Crippen LogP contribution in [0, 0.1) is 23.7 Å².